The summed E-state index contributed by atoms with van der Waals surface area (Å²) in [4.78, 5) is 0. The van der Waals surface area contributed by atoms with E-state index in [1.165, 1.54) is 0 Å². The molecule has 0 bridgehead atoms. The van der Waals surface area contributed by atoms with E-state index >= 15 is 0 Å². The number of hydrogen-bond donors (Lipinski definition) is 1. The van der Waals surface area contributed by atoms with E-state index in [4.69, 9.17) is 22.1 Å². The van der Waals surface area contributed by atoms with Gasteiger partial charge < -0.3 is 10.5 Å². The molecule has 0 atom stereocenters. The monoisotopic (exact) mass is 213 g/mol. The van der Waals surface area contributed by atoms with Gasteiger partial charge in [0.1, 0.15) is 0 Å². The highest BCUT2D eigenvalue weighted by Crippen LogP contribution is 2.23. The van der Waals surface area contributed by atoms with Gasteiger partial charge in [0.15, 0.2) is 0 Å². The molecule has 0 saturated carbocycles. The molecule has 0 aliphatic rings. The van der Waals surface area contributed by atoms with Crippen LogP contribution in [0, 0.1) is 0 Å². The normalized spacial score (nSPS) is 10.4. The smallest absolute Gasteiger partial charge is 0.0638 e. The molecule has 0 amide bonds. The quantitative estimate of drug-likeness (QED) is 0.603. The molecule has 0 aliphatic heterocycles. The number of nitrogen functional groups attached to an aromatic ring is 1. The van der Waals surface area contributed by atoms with Gasteiger partial charge in [-0.2, -0.15) is 0 Å². The number of halogens is 1. The third kappa shape index (κ3) is 3.20. The van der Waals surface area contributed by atoms with Crippen LogP contribution in [0.25, 0.3) is 0 Å². The summed E-state index contributed by atoms with van der Waals surface area (Å²) < 4.78 is 4.98. The molecule has 3 heteroatoms. The lowest BCUT2D eigenvalue weighted by Gasteiger charge is -2.06. The van der Waals surface area contributed by atoms with Crippen molar-refractivity contribution in [2.45, 2.75) is 19.3 Å². The summed E-state index contributed by atoms with van der Waals surface area (Å²) in [6, 6.07) is 5.77. The van der Waals surface area contributed by atoms with Gasteiger partial charge in [0.2, 0.25) is 0 Å². The third-order valence-electron chi connectivity index (χ3n) is 2.19. The van der Waals surface area contributed by atoms with Crippen molar-refractivity contribution in [2.75, 3.05) is 19.5 Å². The van der Waals surface area contributed by atoms with E-state index in [2.05, 4.69) is 0 Å². The predicted octanol–water partition coefficient (Wildman–Crippen LogP) is 2.89. The number of hydrogen-bond acceptors (Lipinski definition) is 2. The van der Waals surface area contributed by atoms with Crippen LogP contribution in [0.4, 0.5) is 5.69 Å². The van der Waals surface area contributed by atoms with Gasteiger partial charge in [0.25, 0.3) is 0 Å². The minimum absolute atomic E-state index is 0.647. The lowest BCUT2D eigenvalue weighted by atomic mass is 10.1. The number of unbranched alkanes of at least 4 members (excludes halogenated alkanes) is 1. The summed E-state index contributed by atoms with van der Waals surface area (Å²) in [5.74, 6) is 0. The number of anilines is 1. The summed E-state index contributed by atoms with van der Waals surface area (Å²) >= 11 is 5.90. The summed E-state index contributed by atoms with van der Waals surface area (Å²) in [6.45, 7) is 0.806. The molecule has 14 heavy (non-hydrogen) atoms. The summed E-state index contributed by atoms with van der Waals surface area (Å²) in [6.07, 6.45) is 3.11. The molecule has 1 rings (SSSR count). The van der Waals surface area contributed by atoms with Crippen LogP contribution in [0.1, 0.15) is 18.4 Å². The van der Waals surface area contributed by atoms with Gasteiger partial charge in [-0.1, -0.05) is 23.7 Å². The predicted molar refractivity (Wildman–Crippen MR) is 60.7 cm³/mol. The van der Waals surface area contributed by atoms with Crippen LogP contribution in [0.2, 0.25) is 5.02 Å². The van der Waals surface area contributed by atoms with Gasteiger partial charge in [-0.25, -0.2) is 0 Å². The van der Waals surface area contributed by atoms with Crippen molar-refractivity contribution < 1.29 is 4.74 Å². The minimum Gasteiger partial charge on any atom is -0.397 e. The first-order valence-corrected chi connectivity index (χ1v) is 5.15. The maximum Gasteiger partial charge on any atom is 0.0638 e. The van der Waals surface area contributed by atoms with Gasteiger partial charge in [0, 0.05) is 13.7 Å². The zero-order valence-corrected chi connectivity index (χ0v) is 9.18. The SMILES string of the molecule is COCCCCc1cccc(Cl)c1N. The van der Waals surface area contributed by atoms with Crippen LogP contribution in [-0.4, -0.2) is 13.7 Å². The molecule has 2 nitrogen and oxygen atoms in total. The Hall–Kier alpha value is -0.730. The second kappa shape index (κ2) is 5.89. The van der Waals surface area contributed by atoms with Crippen LogP contribution in [0.3, 0.4) is 0 Å². The number of para-hydroxylation sites is 1. The Morgan fingerprint density at radius 3 is 2.86 bits per heavy atom. The molecule has 78 valence electrons. The molecule has 0 heterocycles. The van der Waals surface area contributed by atoms with E-state index in [0.717, 1.165) is 31.4 Å². The van der Waals surface area contributed by atoms with Gasteiger partial charge in [-0.3, -0.25) is 0 Å². The number of ether oxygens (including phenoxy) is 1. The maximum absolute atomic E-state index is 5.90. The van der Waals surface area contributed by atoms with E-state index < -0.39 is 0 Å². The molecule has 1 aromatic carbocycles. The lowest BCUT2D eigenvalue weighted by Crippen LogP contribution is -1.96. The zero-order valence-electron chi connectivity index (χ0n) is 8.42. The van der Waals surface area contributed by atoms with E-state index in [1.807, 2.05) is 18.2 Å². The maximum atomic E-state index is 5.90. The van der Waals surface area contributed by atoms with Gasteiger partial charge in [0.05, 0.1) is 10.7 Å². The number of benzene rings is 1. The highest BCUT2D eigenvalue weighted by atomic mass is 35.5. The molecule has 1 aromatic rings. The molecule has 0 aromatic heterocycles. The van der Waals surface area contributed by atoms with Crippen molar-refractivity contribution in [3.63, 3.8) is 0 Å². The first kappa shape index (κ1) is 11.3. The number of aryl methyl sites for hydroxylation is 1. The zero-order chi connectivity index (χ0) is 10.4. The molecule has 0 spiro atoms. The van der Waals surface area contributed by atoms with Gasteiger partial charge in [-0.05, 0) is 30.9 Å². The number of nitrogens with two attached hydrogens (primary N) is 1. The molecule has 0 aliphatic carbocycles. The first-order chi connectivity index (χ1) is 6.75. The number of methoxy groups -OCH3 is 1. The topological polar surface area (TPSA) is 35.2 Å². The molecule has 2 N–H and O–H groups in total. The van der Waals surface area contributed by atoms with Crippen molar-refractivity contribution in [2.24, 2.45) is 0 Å². The van der Waals surface area contributed by atoms with Crippen LogP contribution in [0.5, 0.6) is 0 Å². The Balaban J connectivity index is 2.46. The first-order valence-electron chi connectivity index (χ1n) is 4.77. The molecule has 0 saturated heterocycles. The second-order valence-corrected chi connectivity index (χ2v) is 3.67. The van der Waals surface area contributed by atoms with Gasteiger partial charge >= 0.3 is 0 Å². The van der Waals surface area contributed by atoms with E-state index in [9.17, 15) is 0 Å². The fraction of sp³-hybridized carbons (Fsp3) is 0.455. The fourth-order valence-corrected chi connectivity index (χ4v) is 1.56. The largest absolute Gasteiger partial charge is 0.397 e. The Kier molecular flexibility index (Phi) is 4.77. The molecule has 0 unspecified atom stereocenters. The van der Waals surface area contributed by atoms with Crippen molar-refractivity contribution in [3.8, 4) is 0 Å². The average molecular weight is 214 g/mol. The van der Waals surface area contributed by atoms with Crippen molar-refractivity contribution in [1.29, 1.82) is 0 Å². The summed E-state index contributed by atoms with van der Waals surface area (Å²) in [5.41, 5.74) is 7.68. The standard InChI is InChI=1S/C11H16ClNO/c1-14-8-3-2-5-9-6-4-7-10(12)11(9)13/h4,6-7H,2-3,5,8,13H2,1H3. The highest BCUT2D eigenvalue weighted by Gasteiger charge is 2.01. The number of rotatable bonds is 5. The molecular formula is C11H16ClNO. The van der Waals surface area contributed by atoms with Crippen molar-refractivity contribution >= 4 is 17.3 Å². The average Bonchev–Trinajstić information content (AvgIpc) is 2.19. The molecule has 0 radical (unpaired) electrons. The van der Waals surface area contributed by atoms with E-state index in [0.29, 0.717) is 10.7 Å². The fourth-order valence-electron chi connectivity index (χ4n) is 1.36. The molecular weight excluding hydrogens is 198 g/mol. The van der Waals surface area contributed by atoms with Crippen LogP contribution in [-0.2, 0) is 11.2 Å². The Morgan fingerprint density at radius 1 is 1.36 bits per heavy atom. The Bertz CT molecular complexity index is 289. The Labute approximate surface area is 90.0 Å². The van der Waals surface area contributed by atoms with Crippen LogP contribution < -0.4 is 5.73 Å². The van der Waals surface area contributed by atoms with Crippen LogP contribution >= 0.6 is 11.6 Å². The van der Waals surface area contributed by atoms with Crippen molar-refractivity contribution in [3.05, 3.63) is 28.8 Å². The highest BCUT2D eigenvalue weighted by molar-refractivity contribution is 6.33. The summed E-state index contributed by atoms with van der Waals surface area (Å²) in [7, 11) is 1.72. The Morgan fingerprint density at radius 2 is 2.14 bits per heavy atom. The lowest BCUT2D eigenvalue weighted by molar-refractivity contribution is 0.193. The van der Waals surface area contributed by atoms with E-state index in [1.54, 1.807) is 7.11 Å². The van der Waals surface area contributed by atoms with Crippen molar-refractivity contribution in [1.82, 2.24) is 0 Å². The second-order valence-electron chi connectivity index (χ2n) is 3.26. The van der Waals surface area contributed by atoms with E-state index in [-0.39, 0.29) is 0 Å². The third-order valence-corrected chi connectivity index (χ3v) is 2.52. The van der Waals surface area contributed by atoms with Crippen LogP contribution in [0.15, 0.2) is 18.2 Å². The molecule has 0 fully saturated rings. The minimum atomic E-state index is 0.647. The summed E-state index contributed by atoms with van der Waals surface area (Å²) in [5, 5.41) is 0.647. The van der Waals surface area contributed by atoms with Gasteiger partial charge in [-0.15, -0.1) is 0 Å².